The zero-order chi connectivity index (χ0) is 16.1. The highest BCUT2D eigenvalue weighted by molar-refractivity contribution is 6.05. The van der Waals surface area contributed by atoms with Gasteiger partial charge >= 0.3 is 12.0 Å². The molecule has 2 aromatic carbocycles. The van der Waals surface area contributed by atoms with Crippen LogP contribution >= 0.6 is 0 Å². The van der Waals surface area contributed by atoms with Crippen molar-refractivity contribution in [3.05, 3.63) is 59.2 Å². The Morgan fingerprint density at radius 3 is 2.45 bits per heavy atom. The average Bonchev–Trinajstić information content (AvgIpc) is 2.49. The van der Waals surface area contributed by atoms with Gasteiger partial charge in [0.2, 0.25) is 0 Å². The SMILES string of the molecule is CCc1cccc(C)c1NC(=O)Nc1ccccc1C(=O)O. The number of benzene rings is 2. The maximum atomic E-state index is 12.2. The van der Waals surface area contributed by atoms with E-state index in [1.54, 1.807) is 18.2 Å². The third-order valence-electron chi connectivity index (χ3n) is 3.38. The summed E-state index contributed by atoms with van der Waals surface area (Å²) >= 11 is 0. The zero-order valence-corrected chi connectivity index (χ0v) is 12.5. The number of hydrogen-bond acceptors (Lipinski definition) is 2. The van der Waals surface area contributed by atoms with Gasteiger partial charge in [0.1, 0.15) is 0 Å². The number of para-hydroxylation sites is 2. The van der Waals surface area contributed by atoms with Gasteiger partial charge in [-0.3, -0.25) is 0 Å². The minimum atomic E-state index is -1.08. The molecule has 3 N–H and O–H groups in total. The Bertz CT molecular complexity index is 711. The first-order valence-electron chi connectivity index (χ1n) is 7.01. The summed E-state index contributed by atoms with van der Waals surface area (Å²) in [5, 5.41) is 14.5. The highest BCUT2D eigenvalue weighted by Gasteiger charge is 2.13. The monoisotopic (exact) mass is 298 g/mol. The molecule has 22 heavy (non-hydrogen) atoms. The van der Waals surface area contributed by atoms with Crippen LogP contribution in [0.25, 0.3) is 0 Å². The number of nitrogens with one attached hydrogen (secondary N) is 2. The maximum absolute atomic E-state index is 12.2. The van der Waals surface area contributed by atoms with Crippen LogP contribution in [-0.4, -0.2) is 17.1 Å². The number of amides is 2. The minimum absolute atomic E-state index is 0.0538. The number of carboxylic acid groups (broad SMARTS) is 1. The Labute approximate surface area is 129 Å². The lowest BCUT2D eigenvalue weighted by atomic mass is 10.1. The fourth-order valence-electron chi connectivity index (χ4n) is 2.25. The standard InChI is InChI=1S/C17H18N2O3/c1-3-12-8-6-7-11(2)15(12)19-17(22)18-14-10-5-4-9-13(14)16(20)21/h4-10H,3H2,1-2H3,(H,20,21)(H2,18,19,22). The number of urea groups is 1. The van der Waals surface area contributed by atoms with Gasteiger partial charge in [0.05, 0.1) is 11.3 Å². The molecule has 0 atom stereocenters. The number of carboxylic acids is 1. The van der Waals surface area contributed by atoms with Crippen molar-refractivity contribution in [2.45, 2.75) is 20.3 Å². The van der Waals surface area contributed by atoms with Crippen molar-refractivity contribution in [2.24, 2.45) is 0 Å². The van der Waals surface area contributed by atoms with Crippen LogP contribution in [0.15, 0.2) is 42.5 Å². The Morgan fingerprint density at radius 1 is 1.05 bits per heavy atom. The predicted octanol–water partition coefficient (Wildman–Crippen LogP) is 3.90. The first kappa shape index (κ1) is 15.6. The van der Waals surface area contributed by atoms with Crippen LogP contribution in [0.4, 0.5) is 16.2 Å². The van der Waals surface area contributed by atoms with Gasteiger partial charge in [-0.25, -0.2) is 9.59 Å². The summed E-state index contributed by atoms with van der Waals surface area (Å²) in [7, 11) is 0. The number of aromatic carboxylic acids is 1. The molecule has 0 saturated heterocycles. The summed E-state index contributed by atoms with van der Waals surface area (Å²) in [6.45, 7) is 3.93. The first-order chi connectivity index (χ1) is 10.5. The second-order valence-corrected chi connectivity index (χ2v) is 4.89. The Hall–Kier alpha value is -2.82. The van der Waals surface area contributed by atoms with Crippen molar-refractivity contribution in [1.82, 2.24) is 0 Å². The predicted molar refractivity (Wildman–Crippen MR) is 86.6 cm³/mol. The molecule has 2 rings (SSSR count). The van der Waals surface area contributed by atoms with E-state index in [2.05, 4.69) is 10.6 Å². The molecule has 0 aliphatic carbocycles. The van der Waals surface area contributed by atoms with E-state index < -0.39 is 12.0 Å². The fraction of sp³-hybridized carbons (Fsp3) is 0.176. The molecular formula is C17H18N2O3. The third kappa shape index (κ3) is 3.44. The van der Waals surface area contributed by atoms with Crippen molar-refractivity contribution >= 4 is 23.4 Å². The molecule has 0 aliphatic rings. The van der Waals surface area contributed by atoms with Crippen LogP contribution in [-0.2, 0) is 6.42 Å². The summed E-state index contributed by atoms with van der Waals surface area (Å²) in [4.78, 5) is 23.3. The molecule has 0 spiro atoms. The number of hydrogen-bond donors (Lipinski definition) is 3. The molecule has 0 unspecified atom stereocenters. The maximum Gasteiger partial charge on any atom is 0.337 e. The largest absolute Gasteiger partial charge is 0.478 e. The van der Waals surface area contributed by atoms with Gasteiger partial charge in [-0.2, -0.15) is 0 Å². The topological polar surface area (TPSA) is 78.4 Å². The molecule has 0 fully saturated rings. The van der Waals surface area contributed by atoms with E-state index in [1.165, 1.54) is 6.07 Å². The molecule has 0 saturated carbocycles. The van der Waals surface area contributed by atoms with Crippen molar-refractivity contribution in [3.8, 4) is 0 Å². The molecule has 0 aliphatic heterocycles. The molecule has 0 radical (unpaired) electrons. The average molecular weight is 298 g/mol. The molecule has 0 aromatic heterocycles. The van der Waals surface area contributed by atoms with Gasteiger partial charge in [-0.05, 0) is 36.6 Å². The van der Waals surface area contributed by atoms with Gasteiger partial charge in [-0.1, -0.05) is 37.3 Å². The van der Waals surface area contributed by atoms with Crippen LogP contribution in [0.1, 0.15) is 28.4 Å². The van der Waals surface area contributed by atoms with Crippen LogP contribution in [0.2, 0.25) is 0 Å². The van der Waals surface area contributed by atoms with E-state index in [-0.39, 0.29) is 11.3 Å². The van der Waals surface area contributed by atoms with E-state index in [1.807, 2.05) is 32.0 Å². The lowest BCUT2D eigenvalue weighted by molar-refractivity contribution is 0.0698. The van der Waals surface area contributed by atoms with Crippen molar-refractivity contribution in [1.29, 1.82) is 0 Å². The summed E-state index contributed by atoms with van der Waals surface area (Å²) < 4.78 is 0. The van der Waals surface area contributed by atoms with E-state index >= 15 is 0 Å². The lowest BCUT2D eigenvalue weighted by Crippen LogP contribution is -2.22. The molecular weight excluding hydrogens is 280 g/mol. The third-order valence-corrected chi connectivity index (χ3v) is 3.38. The van der Waals surface area contributed by atoms with Gasteiger partial charge in [0.25, 0.3) is 0 Å². The minimum Gasteiger partial charge on any atom is -0.478 e. The van der Waals surface area contributed by atoms with Crippen LogP contribution < -0.4 is 10.6 Å². The molecule has 2 aromatic rings. The zero-order valence-electron chi connectivity index (χ0n) is 12.5. The summed E-state index contributed by atoms with van der Waals surface area (Å²) in [5.74, 6) is -1.08. The van der Waals surface area contributed by atoms with Crippen molar-refractivity contribution < 1.29 is 14.7 Å². The van der Waals surface area contributed by atoms with Gasteiger partial charge < -0.3 is 15.7 Å². The number of carbonyl (C=O) groups excluding carboxylic acids is 1. The molecule has 2 amide bonds. The van der Waals surface area contributed by atoms with Crippen LogP contribution in [0.5, 0.6) is 0 Å². The van der Waals surface area contributed by atoms with E-state index in [0.717, 1.165) is 23.2 Å². The molecule has 114 valence electrons. The highest BCUT2D eigenvalue weighted by Crippen LogP contribution is 2.22. The lowest BCUT2D eigenvalue weighted by Gasteiger charge is -2.14. The Kier molecular flexibility index (Phi) is 4.78. The second kappa shape index (κ2) is 6.76. The van der Waals surface area contributed by atoms with E-state index in [9.17, 15) is 9.59 Å². The number of anilines is 2. The van der Waals surface area contributed by atoms with E-state index in [4.69, 9.17) is 5.11 Å². The quantitative estimate of drug-likeness (QED) is 0.801. The van der Waals surface area contributed by atoms with Crippen molar-refractivity contribution in [3.63, 3.8) is 0 Å². The summed E-state index contributed by atoms with van der Waals surface area (Å²) in [6, 6.07) is 11.6. The molecule has 0 heterocycles. The van der Waals surface area contributed by atoms with Crippen molar-refractivity contribution in [2.75, 3.05) is 10.6 Å². The van der Waals surface area contributed by atoms with Gasteiger partial charge in [-0.15, -0.1) is 0 Å². The molecule has 0 bridgehead atoms. The summed E-state index contributed by atoms with van der Waals surface area (Å²) in [5.41, 5.74) is 3.07. The molecule has 5 heteroatoms. The fourth-order valence-corrected chi connectivity index (χ4v) is 2.25. The number of carbonyl (C=O) groups is 2. The Morgan fingerprint density at radius 2 is 1.77 bits per heavy atom. The second-order valence-electron chi connectivity index (χ2n) is 4.89. The summed E-state index contributed by atoms with van der Waals surface area (Å²) in [6.07, 6.45) is 0.795. The number of aryl methyl sites for hydroxylation is 2. The van der Waals surface area contributed by atoms with Crippen LogP contribution in [0, 0.1) is 6.92 Å². The first-order valence-corrected chi connectivity index (χ1v) is 7.01. The normalized spacial score (nSPS) is 10.1. The van der Waals surface area contributed by atoms with Crippen LogP contribution in [0.3, 0.4) is 0 Å². The Balaban J connectivity index is 2.20. The smallest absolute Gasteiger partial charge is 0.337 e. The number of rotatable bonds is 4. The van der Waals surface area contributed by atoms with E-state index in [0.29, 0.717) is 0 Å². The highest BCUT2D eigenvalue weighted by atomic mass is 16.4. The molecule has 5 nitrogen and oxygen atoms in total. The van der Waals surface area contributed by atoms with Gasteiger partial charge in [0, 0.05) is 5.69 Å². The van der Waals surface area contributed by atoms with Gasteiger partial charge in [0.15, 0.2) is 0 Å².